The molecule has 0 aliphatic carbocycles. The highest BCUT2D eigenvalue weighted by Crippen LogP contribution is 2.31. The molecule has 1 heterocycles. The third-order valence-electron chi connectivity index (χ3n) is 2.99. The summed E-state index contributed by atoms with van der Waals surface area (Å²) in [4.78, 5) is 13.0. The van der Waals surface area contributed by atoms with E-state index in [0.717, 1.165) is 12.1 Å². The average molecular weight is 258 g/mol. The van der Waals surface area contributed by atoms with Crippen molar-refractivity contribution < 1.29 is 18.0 Å². The van der Waals surface area contributed by atoms with Crippen molar-refractivity contribution in [3.63, 3.8) is 0 Å². The van der Waals surface area contributed by atoms with E-state index in [4.69, 9.17) is 0 Å². The molecule has 1 N–H and O–H groups in total. The van der Waals surface area contributed by atoms with Crippen LogP contribution in [-0.4, -0.2) is 24.0 Å². The van der Waals surface area contributed by atoms with Crippen LogP contribution in [0.3, 0.4) is 0 Å². The van der Waals surface area contributed by atoms with Gasteiger partial charge in [0.05, 0.1) is 11.6 Å². The van der Waals surface area contributed by atoms with Crippen LogP contribution in [0.25, 0.3) is 0 Å². The Balaban J connectivity index is 2.23. The molecule has 1 fully saturated rings. The normalized spacial score (nSPS) is 20.1. The summed E-state index contributed by atoms with van der Waals surface area (Å²) in [6.45, 7) is 2.77. The molecule has 1 saturated heterocycles. The number of benzene rings is 1. The number of hydrogen-bond acceptors (Lipinski definition) is 1. The molecule has 3 nitrogen and oxygen atoms in total. The van der Waals surface area contributed by atoms with Crippen LogP contribution in [0.2, 0.25) is 0 Å². The van der Waals surface area contributed by atoms with E-state index in [2.05, 4.69) is 5.32 Å². The van der Waals surface area contributed by atoms with Gasteiger partial charge < -0.3 is 10.2 Å². The third kappa shape index (κ3) is 2.42. The zero-order valence-corrected chi connectivity index (χ0v) is 9.79. The van der Waals surface area contributed by atoms with Crippen LogP contribution in [0.4, 0.5) is 18.0 Å². The lowest BCUT2D eigenvalue weighted by Gasteiger charge is -2.13. The standard InChI is InChI=1S/C12H13F3N2O/c1-2-17-7-10(16-11(17)18)8-4-3-5-9(6-8)12(13,14)15/h3-6,10H,2,7H2,1H3,(H,16,18). The van der Waals surface area contributed by atoms with Crippen molar-refractivity contribution in [3.05, 3.63) is 35.4 Å². The predicted octanol–water partition coefficient (Wildman–Crippen LogP) is 2.79. The van der Waals surface area contributed by atoms with Gasteiger partial charge in [0.15, 0.2) is 0 Å². The van der Waals surface area contributed by atoms with E-state index < -0.39 is 11.7 Å². The first-order valence-electron chi connectivity index (χ1n) is 5.64. The van der Waals surface area contributed by atoms with Gasteiger partial charge in [0, 0.05) is 13.1 Å². The summed E-state index contributed by atoms with van der Waals surface area (Å²) in [5.74, 6) is 0. The van der Waals surface area contributed by atoms with Crippen molar-refractivity contribution in [1.29, 1.82) is 0 Å². The Bertz CT molecular complexity index is 459. The summed E-state index contributed by atoms with van der Waals surface area (Å²) in [5.41, 5.74) is -0.210. The van der Waals surface area contributed by atoms with E-state index in [9.17, 15) is 18.0 Å². The zero-order chi connectivity index (χ0) is 13.3. The predicted molar refractivity (Wildman–Crippen MR) is 60.0 cm³/mol. The molecule has 0 aromatic heterocycles. The first kappa shape index (κ1) is 12.7. The van der Waals surface area contributed by atoms with Crippen LogP contribution >= 0.6 is 0 Å². The van der Waals surface area contributed by atoms with Gasteiger partial charge in [-0.15, -0.1) is 0 Å². The van der Waals surface area contributed by atoms with Crippen molar-refractivity contribution in [2.24, 2.45) is 0 Å². The van der Waals surface area contributed by atoms with Crippen molar-refractivity contribution in [2.75, 3.05) is 13.1 Å². The maximum Gasteiger partial charge on any atom is 0.416 e. The fourth-order valence-corrected chi connectivity index (χ4v) is 1.98. The van der Waals surface area contributed by atoms with E-state index in [1.54, 1.807) is 11.0 Å². The van der Waals surface area contributed by atoms with Crippen LogP contribution in [0, 0.1) is 0 Å². The van der Waals surface area contributed by atoms with Gasteiger partial charge in [0.25, 0.3) is 0 Å². The van der Waals surface area contributed by atoms with E-state index >= 15 is 0 Å². The lowest BCUT2D eigenvalue weighted by molar-refractivity contribution is -0.137. The Hall–Kier alpha value is -1.72. The average Bonchev–Trinajstić information content (AvgIpc) is 2.70. The van der Waals surface area contributed by atoms with Crippen LogP contribution in [-0.2, 0) is 6.18 Å². The number of amides is 2. The first-order valence-corrected chi connectivity index (χ1v) is 5.64. The van der Waals surface area contributed by atoms with E-state index in [1.165, 1.54) is 6.07 Å². The number of nitrogens with one attached hydrogen (secondary N) is 1. The minimum absolute atomic E-state index is 0.236. The Kier molecular flexibility index (Phi) is 3.19. The molecule has 2 rings (SSSR count). The molecule has 1 aliphatic rings. The number of carbonyl (C=O) groups is 1. The maximum absolute atomic E-state index is 12.6. The molecule has 18 heavy (non-hydrogen) atoms. The number of carbonyl (C=O) groups excluding carboxylic acids is 1. The van der Waals surface area contributed by atoms with Crippen LogP contribution in [0.5, 0.6) is 0 Å². The van der Waals surface area contributed by atoms with Gasteiger partial charge in [-0.1, -0.05) is 12.1 Å². The van der Waals surface area contributed by atoms with Gasteiger partial charge in [0.2, 0.25) is 0 Å². The molecule has 98 valence electrons. The molecule has 0 saturated carbocycles. The first-order chi connectivity index (χ1) is 8.41. The monoisotopic (exact) mass is 258 g/mol. The van der Waals surface area contributed by atoms with Gasteiger partial charge in [-0.2, -0.15) is 13.2 Å². The lowest BCUT2D eigenvalue weighted by Crippen LogP contribution is -2.27. The summed E-state index contributed by atoms with van der Waals surface area (Å²) in [6.07, 6.45) is -4.36. The molecule has 1 atom stereocenters. The largest absolute Gasteiger partial charge is 0.416 e. The third-order valence-corrected chi connectivity index (χ3v) is 2.99. The highest BCUT2D eigenvalue weighted by atomic mass is 19.4. The number of alkyl halides is 3. The van der Waals surface area contributed by atoms with Gasteiger partial charge >= 0.3 is 12.2 Å². The minimum Gasteiger partial charge on any atom is -0.329 e. The minimum atomic E-state index is -4.36. The second-order valence-electron chi connectivity index (χ2n) is 4.16. The fourth-order valence-electron chi connectivity index (χ4n) is 1.98. The van der Waals surface area contributed by atoms with E-state index in [0.29, 0.717) is 18.7 Å². The van der Waals surface area contributed by atoms with E-state index in [-0.39, 0.29) is 12.1 Å². The van der Waals surface area contributed by atoms with Crippen molar-refractivity contribution in [3.8, 4) is 0 Å². The molecule has 1 aliphatic heterocycles. The molecular weight excluding hydrogens is 245 g/mol. The number of nitrogens with zero attached hydrogens (tertiary/aromatic N) is 1. The number of rotatable bonds is 2. The summed E-state index contributed by atoms with van der Waals surface area (Å²) < 4.78 is 37.7. The van der Waals surface area contributed by atoms with Gasteiger partial charge in [0.1, 0.15) is 0 Å². The van der Waals surface area contributed by atoms with Crippen LogP contribution in [0.15, 0.2) is 24.3 Å². The molecule has 1 unspecified atom stereocenters. The number of urea groups is 1. The van der Waals surface area contributed by atoms with Gasteiger partial charge in [-0.25, -0.2) is 4.79 Å². The summed E-state index contributed by atoms with van der Waals surface area (Å²) in [6, 6.07) is 4.46. The SMILES string of the molecule is CCN1CC(c2cccc(C(F)(F)F)c2)NC1=O. The Morgan fingerprint density at radius 1 is 1.44 bits per heavy atom. The quantitative estimate of drug-likeness (QED) is 0.869. The van der Waals surface area contributed by atoms with Gasteiger partial charge in [-0.3, -0.25) is 0 Å². The Morgan fingerprint density at radius 2 is 2.17 bits per heavy atom. The molecular formula is C12H13F3N2O. The molecule has 1 aromatic rings. The van der Waals surface area contributed by atoms with E-state index in [1.807, 2.05) is 6.92 Å². The maximum atomic E-state index is 12.6. The summed E-state index contributed by atoms with van der Waals surface area (Å²) >= 11 is 0. The Morgan fingerprint density at radius 3 is 2.72 bits per heavy atom. The van der Waals surface area contributed by atoms with Crippen molar-refractivity contribution in [2.45, 2.75) is 19.1 Å². The number of hydrogen-bond donors (Lipinski definition) is 1. The summed E-state index contributed by atoms with van der Waals surface area (Å²) in [7, 11) is 0. The highest BCUT2D eigenvalue weighted by molar-refractivity contribution is 5.77. The molecule has 0 radical (unpaired) electrons. The molecule has 2 amide bonds. The molecule has 6 heteroatoms. The van der Waals surface area contributed by atoms with Crippen molar-refractivity contribution in [1.82, 2.24) is 10.2 Å². The second kappa shape index (κ2) is 4.51. The van der Waals surface area contributed by atoms with Gasteiger partial charge in [-0.05, 0) is 24.6 Å². The zero-order valence-electron chi connectivity index (χ0n) is 9.79. The topological polar surface area (TPSA) is 32.3 Å². The Labute approximate surface area is 103 Å². The number of halogens is 3. The van der Waals surface area contributed by atoms with Crippen LogP contribution < -0.4 is 5.32 Å². The molecule has 0 spiro atoms. The van der Waals surface area contributed by atoms with Crippen molar-refractivity contribution >= 4 is 6.03 Å². The summed E-state index contributed by atoms with van der Waals surface area (Å²) in [5, 5.41) is 2.67. The lowest BCUT2D eigenvalue weighted by atomic mass is 10.0. The molecule has 0 bridgehead atoms. The highest BCUT2D eigenvalue weighted by Gasteiger charge is 2.33. The number of likely N-dealkylation sites (N-methyl/N-ethyl adjacent to an activating group) is 1. The van der Waals surface area contributed by atoms with Crippen LogP contribution in [0.1, 0.15) is 24.1 Å². The molecule has 1 aromatic carbocycles. The fraction of sp³-hybridized carbons (Fsp3) is 0.417. The second-order valence-corrected chi connectivity index (χ2v) is 4.16. The smallest absolute Gasteiger partial charge is 0.329 e.